The second-order valence-corrected chi connectivity index (χ2v) is 8.56. The third kappa shape index (κ3) is 7.24. The summed E-state index contributed by atoms with van der Waals surface area (Å²) >= 11 is 0. The zero-order valence-corrected chi connectivity index (χ0v) is 18.5. The van der Waals surface area contributed by atoms with Crippen LogP contribution in [-0.4, -0.2) is 31.4 Å². The Morgan fingerprint density at radius 1 is 1.18 bits per heavy atom. The standard InChI is InChI=1S/C22H21FN6O4S/c1-2-10-33-21(26-14-30)16-6-8-17(9-7-16)27-20-19(23)12-25-22(29-20)28-18-5-3-4-15(11-18)13-34(24,31)32/h1,3-9,11-12,14,21H,10,13H2,(H,26,30)(H2,24,31,32)(H2,25,27,28,29). The maximum atomic E-state index is 14.3. The molecule has 0 radical (unpaired) electrons. The summed E-state index contributed by atoms with van der Waals surface area (Å²) < 4.78 is 42.3. The van der Waals surface area contributed by atoms with Crippen molar-refractivity contribution in [2.24, 2.45) is 5.14 Å². The maximum absolute atomic E-state index is 14.3. The molecule has 2 aromatic carbocycles. The molecule has 5 N–H and O–H groups in total. The number of sulfonamides is 1. The van der Waals surface area contributed by atoms with Crippen molar-refractivity contribution >= 4 is 39.6 Å². The number of hydrogen-bond acceptors (Lipinski definition) is 8. The molecule has 0 aliphatic rings. The van der Waals surface area contributed by atoms with Crippen molar-refractivity contribution in [2.75, 3.05) is 17.2 Å². The number of carbonyl (C=O) groups is 1. The first-order chi connectivity index (χ1) is 16.3. The summed E-state index contributed by atoms with van der Waals surface area (Å²) in [6.07, 6.45) is 5.96. The first-order valence-electron chi connectivity index (χ1n) is 9.78. The van der Waals surface area contributed by atoms with Crippen LogP contribution in [0.15, 0.2) is 54.7 Å². The van der Waals surface area contributed by atoms with Crippen LogP contribution in [0.2, 0.25) is 0 Å². The molecule has 0 aliphatic carbocycles. The molecule has 0 spiro atoms. The molecule has 1 unspecified atom stereocenters. The van der Waals surface area contributed by atoms with E-state index in [1.807, 2.05) is 0 Å². The van der Waals surface area contributed by atoms with Crippen molar-refractivity contribution in [1.82, 2.24) is 15.3 Å². The van der Waals surface area contributed by atoms with Crippen LogP contribution in [0.4, 0.5) is 27.5 Å². The molecule has 12 heteroatoms. The summed E-state index contributed by atoms with van der Waals surface area (Å²) in [4.78, 5) is 18.8. The van der Waals surface area contributed by atoms with Gasteiger partial charge in [-0.1, -0.05) is 30.2 Å². The van der Waals surface area contributed by atoms with Crippen molar-refractivity contribution in [3.8, 4) is 12.3 Å². The zero-order valence-electron chi connectivity index (χ0n) is 17.7. The number of aromatic nitrogens is 2. The smallest absolute Gasteiger partial charge is 0.229 e. The first-order valence-corrected chi connectivity index (χ1v) is 11.5. The highest BCUT2D eigenvalue weighted by Crippen LogP contribution is 2.23. The van der Waals surface area contributed by atoms with E-state index in [-0.39, 0.29) is 24.1 Å². The molecule has 0 fully saturated rings. The molecule has 0 saturated heterocycles. The van der Waals surface area contributed by atoms with E-state index >= 15 is 0 Å². The number of hydrogen-bond donors (Lipinski definition) is 4. The minimum absolute atomic E-state index is 0.0123. The Labute approximate surface area is 195 Å². The van der Waals surface area contributed by atoms with Gasteiger partial charge in [-0.3, -0.25) is 4.79 Å². The van der Waals surface area contributed by atoms with Crippen LogP contribution in [0.5, 0.6) is 0 Å². The van der Waals surface area contributed by atoms with E-state index in [1.54, 1.807) is 48.5 Å². The number of benzene rings is 2. The quantitative estimate of drug-likeness (QED) is 0.184. The fourth-order valence-corrected chi connectivity index (χ4v) is 3.57. The normalized spacial score (nSPS) is 11.8. The molecule has 34 heavy (non-hydrogen) atoms. The summed E-state index contributed by atoms with van der Waals surface area (Å²) in [7, 11) is -3.69. The van der Waals surface area contributed by atoms with Crippen LogP contribution in [0, 0.1) is 18.2 Å². The highest BCUT2D eigenvalue weighted by Gasteiger charge is 2.12. The largest absolute Gasteiger partial charge is 0.342 e. The van der Waals surface area contributed by atoms with E-state index in [0.717, 1.165) is 6.20 Å². The number of halogens is 1. The number of nitrogens with two attached hydrogens (primary N) is 1. The fourth-order valence-electron chi connectivity index (χ4n) is 2.93. The third-order valence-electron chi connectivity index (χ3n) is 4.32. The average molecular weight is 485 g/mol. The van der Waals surface area contributed by atoms with Gasteiger partial charge in [-0.25, -0.2) is 22.9 Å². The van der Waals surface area contributed by atoms with E-state index in [2.05, 4.69) is 31.8 Å². The Bertz CT molecular complexity index is 1300. The molecule has 1 aromatic heterocycles. The number of terminal acetylenes is 1. The molecule has 0 bridgehead atoms. The van der Waals surface area contributed by atoms with E-state index in [4.69, 9.17) is 16.3 Å². The first kappa shape index (κ1) is 24.6. The topological polar surface area (TPSA) is 148 Å². The van der Waals surface area contributed by atoms with Gasteiger partial charge in [0.15, 0.2) is 17.9 Å². The molecule has 1 heterocycles. The second-order valence-electron chi connectivity index (χ2n) is 6.95. The number of anilines is 4. The van der Waals surface area contributed by atoms with Gasteiger partial charge in [-0.2, -0.15) is 4.98 Å². The van der Waals surface area contributed by atoms with Crippen molar-refractivity contribution in [2.45, 2.75) is 12.0 Å². The van der Waals surface area contributed by atoms with Crippen LogP contribution in [0.25, 0.3) is 0 Å². The fraction of sp³-hybridized carbons (Fsp3) is 0.136. The number of nitrogens with one attached hydrogen (secondary N) is 3. The van der Waals surface area contributed by atoms with Gasteiger partial charge >= 0.3 is 0 Å². The molecule has 0 aliphatic heterocycles. The predicted octanol–water partition coefficient (Wildman–Crippen LogP) is 2.29. The van der Waals surface area contributed by atoms with Gasteiger partial charge in [0.2, 0.25) is 22.4 Å². The van der Waals surface area contributed by atoms with Crippen molar-refractivity contribution in [3.05, 3.63) is 71.7 Å². The molecular weight excluding hydrogens is 463 g/mol. The van der Waals surface area contributed by atoms with Crippen LogP contribution in [0.3, 0.4) is 0 Å². The molecule has 3 aromatic rings. The van der Waals surface area contributed by atoms with Crippen LogP contribution < -0.4 is 21.1 Å². The van der Waals surface area contributed by atoms with Gasteiger partial charge < -0.3 is 20.7 Å². The van der Waals surface area contributed by atoms with Crippen molar-refractivity contribution < 1.29 is 22.3 Å². The Hall–Kier alpha value is -4.05. The lowest BCUT2D eigenvalue weighted by Gasteiger charge is -2.16. The van der Waals surface area contributed by atoms with Gasteiger partial charge in [-0.15, -0.1) is 6.42 Å². The van der Waals surface area contributed by atoms with E-state index in [1.165, 1.54) is 0 Å². The monoisotopic (exact) mass is 484 g/mol. The zero-order chi connectivity index (χ0) is 24.6. The lowest BCUT2D eigenvalue weighted by molar-refractivity contribution is -0.113. The molecule has 176 valence electrons. The molecule has 0 saturated carbocycles. The predicted molar refractivity (Wildman–Crippen MR) is 125 cm³/mol. The summed E-state index contributed by atoms with van der Waals surface area (Å²) in [5.41, 5.74) is 2.13. The number of carbonyl (C=O) groups excluding carboxylic acids is 1. The SMILES string of the molecule is C#CCOC(NC=O)c1ccc(Nc2nc(Nc3cccc(CS(N)(=O)=O)c3)ncc2F)cc1. The summed E-state index contributed by atoms with van der Waals surface area (Å²) in [6, 6.07) is 13.2. The molecule has 3 rings (SSSR count). The lowest BCUT2D eigenvalue weighted by Crippen LogP contribution is -2.22. The van der Waals surface area contributed by atoms with Gasteiger partial charge in [0.1, 0.15) is 6.61 Å². The third-order valence-corrected chi connectivity index (χ3v) is 5.06. The Morgan fingerprint density at radius 3 is 2.62 bits per heavy atom. The Balaban J connectivity index is 1.74. The van der Waals surface area contributed by atoms with Crippen LogP contribution in [0.1, 0.15) is 17.4 Å². The minimum atomic E-state index is -3.69. The molecule has 10 nitrogen and oxygen atoms in total. The minimum Gasteiger partial charge on any atom is -0.342 e. The number of rotatable bonds is 11. The van der Waals surface area contributed by atoms with Crippen molar-refractivity contribution in [3.63, 3.8) is 0 Å². The maximum Gasteiger partial charge on any atom is 0.229 e. The van der Waals surface area contributed by atoms with E-state index in [9.17, 15) is 17.6 Å². The second kappa shape index (κ2) is 11.2. The summed E-state index contributed by atoms with van der Waals surface area (Å²) in [6.45, 7) is 0.0123. The number of nitrogens with zero attached hydrogens (tertiary/aromatic N) is 2. The van der Waals surface area contributed by atoms with Gasteiger partial charge in [0.05, 0.1) is 11.9 Å². The lowest BCUT2D eigenvalue weighted by atomic mass is 10.2. The Morgan fingerprint density at radius 2 is 1.94 bits per heavy atom. The highest BCUT2D eigenvalue weighted by molar-refractivity contribution is 7.88. The van der Waals surface area contributed by atoms with Gasteiger partial charge in [0.25, 0.3) is 0 Å². The Kier molecular flexibility index (Phi) is 8.10. The van der Waals surface area contributed by atoms with E-state index < -0.39 is 22.1 Å². The van der Waals surface area contributed by atoms with Gasteiger partial charge in [0, 0.05) is 16.9 Å². The average Bonchev–Trinajstić information content (AvgIpc) is 2.78. The molecular formula is C22H21FN6O4S. The number of amides is 1. The summed E-state index contributed by atoms with van der Waals surface area (Å²) in [5, 5.41) is 13.4. The molecule has 1 atom stereocenters. The summed E-state index contributed by atoms with van der Waals surface area (Å²) in [5.74, 6) is 1.32. The van der Waals surface area contributed by atoms with Crippen molar-refractivity contribution in [1.29, 1.82) is 0 Å². The van der Waals surface area contributed by atoms with Gasteiger partial charge in [-0.05, 0) is 29.8 Å². The highest BCUT2D eigenvalue weighted by atomic mass is 32.2. The van der Waals surface area contributed by atoms with Crippen LogP contribution in [-0.2, 0) is 25.3 Å². The number of primary sulfonamides is 1. The van der Waals surface area contributed by atoms with E-state index in [0.29, 0.717) is 28.9 Å². The molecule has 1 amide bonds. The van der Waals surface area contributed by atoms with Crippen LogP contribution >= 0.6 is 0 Å². The number of ether oxygens (including phenoxy) is 1.